The molecule has 1 aliphatic heterocycles. The Morgan fingerprint density at radius 2 is 2.30 bits per heavy atom. The van der Waals surface area contributed by atoms with E-state index in [0.29, 0.717) is 30.6 Å². The molecule has 1 N–H and O–H groups in total. The number of nitrogens with zero attached hydrogens (tertiary/aromatic N) is 2. The van der Waals surface area contributed by atoms with E-state index in [1.807, 2.05) is 0 Å². The van der Waals surface area contributed by atoms with Crippen LogP contribution in [0.15, 0.2) is 24.5 Å². The van der Waals surface area contributed by atoms with Crippen molar-refractivity contribution in [3.05, 3.63) is 35.9 Å². The maximum Gasteiger partial charge on any atom is 0.337 e. The highest BCUT2D eigenvalue weighted by molar-refractivity contribution is 7.92. The average Bonchev–Trinajstić information content (AvgIpc) is 2.94. The second-order valence-corrected chi connectivity index (χ2v) is 7.39. The van der Waals surface area contributed by atoms with Crippen molar-refractivity contribution in [1.82, 2.24) is 9.38 Å². The van der Waals surface area contributed by atoms with Crippen LogP contribution in [0.5, 0.6) is 0 Å². The number of hydrogen-bond donors (Lipinski definition) is 1. The number of aromatic nitrogens is 2. The number of carbonyl (C=O) groups is 1. The summed E-state index contributed by atoms with van der Waals surface area (Å²) < 4.78 is 25.4. The standard InChI is InChI=1S/C13H14N2O4S/c16-13(17)10-4-1-5-15-11(10)8-14-12(15)7-9-3-2-6-20(9,18)19/h1,4-5,8-9H,2-3,6-7H2,(H,16,17). The Balaban J connectivity index is 2.02. The number of imidazole rings is 1. The molecule has 3 heterocycles. The van der Waals surface area contributed by atoms with Crippen LogP contribution in [0.1, 0.15) is 29.0 Å². The van der Waals surface area contributed by atoms with Crippen LogP contribution in [-0.4, -0.2) is 39.9 Å². The van der Waals surface area contributed by atoms with Gasteiger partial charge in [-0.2, -0.15) is 0 Å². The Bertz CT molecular complexity index is 779. The molecule has 106 valence electrons. The van der Waals surface area contributed by atoms with Gasteiger partial charge >= 0.3 is 5.97 Å². The minimum Gasteiger partial charge on any atom is -0.478 e. The molecule has 1 atom stereocenters. The Kier molecular flexibility index (Phi) is 3.01. The van der Waals surface area contributed by atoms with Crippen molar-refractivity contribution in [2.24, 2.45) is 0 Å². The molecule has 1 saturated heterocycles. The summed E-state index contributed by atoms with van der Waals surface area (Å²) >= 11 is 0. The SMILES string of the molecule is O=C(O)c1cccn2c(CC3CCCS3(=O)=O)ncc12. The first-order valence-electron chi connectivity index (χ1n) is 6.39. The molecule has 20 heavy (non-hydrogen) atoms. The van der Waals surface area contributed by atoms with E-state index in [1.165, 1.54) is 12.3 Å². The molecule has 2 aromatic heterocycles. The topological polar surface area (TPSA) is 88.7 Å². The zero-order valence-electron chi connectivity index (χ0n) is 10.7. The van der Waals surface area contributed by atoms with Crippen molar-refractivity contribution >= 4 is 21.3 Å². The molecular formula is C13H14N2O4S. The highest BCUT2D eigenvalue weighted by Crippen LogP contribution is 2.24. The van der Waals surface area contributed by atoms with Gasteiger partial charge in [0.15, 0.2) is 9.84 Å². The molecule has 0 aliphatic carbocycles. The molecule has 7 heteroatoms. The summed E-state index contributed by atoms with van der Waals surface area (Å²) in [7, 11) is -3.03. The molecule has 0 amide bonds. The number of rotatable bonds is 3. The summed E-state index contributed by atoms with van der Waals surface area (Å²) in [5.41, 5.74) is 0.658. The zero-order chi connectivity index (χ0) is 14.3. The Labute approximate surface area is 116 Å². The minimum absolute atomic E-state index is 0.167. The molecule has 3 rings (SSSR count). The summed E-state index contributed by atoms with van der Waals surface area (Å²) in [5, 5.41) is 8.72. The Morgan fingerprint density at radius 3 is 2.95 bits per heavy atom. The summed E-state index contributed by atoms with van der Waals surface area (Å²) in [4.78, 5) is 15.3. The minimum atomic E-state index is -3.03. The van der Waals surface area contributed by atoms with Crippen molar-refractivity contribution in [3.63, 3.8) is 0 Å². The number of sulfone groups is 1. The van der Waals surface area contributed by atoms with Crippen molar-refractivity contribution in [1.29, 1.82) is 0 Å². The molecule has 2 aromatic rings. The predicted octanol–water partition coefficient (Wildman–Crippen LogP) is 1.15. The molecule has 6 nitrogen and oxygen atoms in total. The van der Waals surface area contributed by atoms with Crippen LogP contribution in [-0.2, 0) is 16.3 Å². The van der Waals surface area contributed by atoms with E-state index in [1.54, 1.807) is 16.7 Å². The number of fused-ring (bicyclic) bond motifs is 1. The van der Waals surface area contributed by atoms with Gasteiger partial charge in [0.25, 0.3) is 0 Å². The quantitative estimate of drug-likeness (QED) is 0.917. The summed E-state index contributed by atoms with van der Waals surface area (Å²) in [6, 6.07) is 3.14. The van der Waals surface area contributed by atoms with E-state index in [9.17, 15) is 13.2 Å². The summed E-state index contributed by atoms with van der Waals surface area (Å²) in [6.45, 7) is 0. The number of aromatic carboxylic acids is 1. The van der Waals surface area contributed by atoms with Crippen LogP contribution in [0.3, 0.4) is 0 Å². The zero-order valence-corrected chi connectivity index (χ0v) is 11.5. The van der Waals surface area contributed by atoms with Crippen LogP contribution in [0.2, 0.25) is 0 Å². The number of hydrogen-bond acceptors (Lipinski definition) is 4. The van der Waals surface area contributed by atoms with Gasteiger partial charge in [-0.05, 0) is 25.0 Å². The third-order valence-electron chi connectivity index (χ3n) is 3.75. The highest BCUT2D eigenvalue weighted by atomic mass is 32.2. The van der Waals surface area contributed by atoms with E-state index in [-0.39, 0.29) is 11.3 Å². The third-order valence-corrected chi connectivity index (χ3v) is 6.03. The number of pyridine rings is 1. The van der Waals surface area contributed by atoms with Crippen LogP contribution in [0, 0.1) is 0 Å². The van der Waals surface area contributed by atoms with E-state index in [0.717, 1.165) is 0 Å². The van der Waals surface area contributed by atoms with Gasteiger partial charge in [0.2, 0.25) is 0 Å². The van der Waals surface area contributed by atoms with Crippen LogP contribution in [0.25, 0.3) is 5.52 Å². The Morgan fingerprint density at radius 1 is 1.50 bits per heavy atom. The molecule has 0 spiro atoms. The first-order valence-corrected chi connectivity index (χ1v) is 8.10. The maximum atomic E-state index is 11.9. The van der Waals surface area contributed by atoms with Gasteiger partial charge in [-0.1, -0.05) is 0 Å². The van der Waals surface area contributed by atoms with Crippen molar-refractivity contribution < 1.29 is 18.3 Å². The molecule has 1 aliphatic rings. The highest BCUT2D eigenvalue weighted by Gasteiger charge is 2.32. The van der Waals surface area contributed by atoms with Gasteiger partial charge in [0, 0.05) is 12.6 Å². The average molecular weight is 294 g/mol. The molecular weight excluding hydrogens is 280 g/mol. The van der Waals surface area contributed by atoms with Crippen molar-refractivity contribution in [2.75, 3.05) is 5.75 Å². The second-order valence-electron chi connectivity index (χ2n) is 4.99. The van der Waals surface area contributed by atoms with Gasteiger partial charge in [0.1, 0.15) is 5.82 Å². The van der Waals surface area contributed by atoms with E-state index >= 15 is 0 Å². The lowest BCUT2D eigenvalue weighted by Gasteiger charge is -2.08. The lowest BCUT2D eigenvalue weighted by molar-refractivity contribution is 0.0698. The fourth-order valence-corrected chi connectivity index (χ4v) is 4.53. The Hall–Kier alpha value is -1.89. The lowest BCUT2D eigenvalue weighted by Crippen LogP contribution is -2.20. The van der Waals surface area contributed by atoms with Crippen molar-refractivity contribution in [3.8, 4) is 0 Å². The fourth-order valence-electron chi connectivity index (χ4n) is 2.70. The van der Waals surface area contributed by atoms with E-state index in [2.05, 4.69) is 4.98 Å². The largest absolute Gasteiger partial charge is 0.478 e. The second kappa shape index (κ2) is 4.59. The molecule has 0 radical (unpaired) electrons. The van der Waals surface area contributed by atoms with Crippen LogP contribution < -0.4 is 0 Å². The molecule has 1 fully saturated rings. The molecule has 1 unspecified atom stereocenters. The van der Waals surface area contributed by atoms with E-state index in [4.69, 9.17) is 5.11 Å². The predicted molar refractivity (Wildman–Crippen MR) is 72.7 cm³/mol. The molecule has 0 aromatic carbocycles. The summed E-state index contributed by atoms with van der Waals surface area (Å²) in [5.74, 6) is -0.185. The summed E-state index contributed by atoms with van der Waals surface area (Å²) in [6.07, 6.45) is 4.87. The molecule has 0 saturated carbocycles. The van der Waals surface area contributed by atoms with Gasteiger partial charge in [-0.15, -0.1) is 0 Å². The van der Waals surface area contributed by atoms with Gasteiger partial charge < -0.3 is 9.51 Å². The van der Waals surface area contributed by atoms with Crippen LogP contribution in [0.4, 0.5) is 0 Å². The van der Waals surface area contributed by atoms with Gasteiger partial charge in [0.05, 0.1) is 28.3 Å². The maximum absolute atomic E-state index is 11.9. The first kappa shape index (κ1) is 13.1. The van der Waals surface area contributed by atoms with Crippen LogP contribution >= 0.6 is 0 Å². The van der Waals surface area contributed by atoms with E-state index < -0.39 is 21.1 Å². The van der Waals surface area contributed by atoms with Gasteiger partial charge in [-0.25, -0.2) is 18.2 Å². The monoisotopic (exact) mass is 294 g/mol. The smallest absolute Gasteiger partial charge is 0.337 e. The fraction of sp³-hybridized carbons (Fsp3) is 0.385. The van der Waals surface area contributed by atoms with Gasteiger partial charge in [-0.3, -0.25) is 0 Å². The normalized spacial score (nSPS) is 21.3. The first-order chi connectivity index (χ1) is 9.49. The number of carboxylic acids is 1. The lowest BCUT2D eigenvalue weighted by atomic mass is 10.2. The molecule has 0 bridgehead atoms. The number of carboxylic acid groups (broad SMARTS) is 1. The third kappa shape index (κ3) is 2.07. The van der Waals surface area contributed by atoms with Crippen molar-refractivity contribution in [2.45, 2.75) is 24.5 Å².